The van der Waals surface area contributed by atoms with Gasteiger partial charge in [-0.3, -0.25) is 4.99 Å². The molecule has 1 aliphatic rings. The van der Waals surface area contributed by atoms with Crippen molar-refractivity contribution in [1.82, 2.24) is 5.32 Å². The molecule has 0 amide bonds. The zero-order chi connectivity index (χ0) is 11.0. The Hall–Kier alpha value is -1.68. The molecule has 0 unspecified atom stereocenters. The van der Waals surface area contributed by atoms with Crippen LogP contribution in [-0.2, 0) is 0 Å². The molecule has 2 heterocycles. The van der Waals surface area contributed by atoms with Crippen molar-refractivity contribution in [3.8, 4) is 0 Å². The molecule has 4 heteroatoms. The number of hydrogen-bond donors (Lipinski definition) is 1. The van der Waals surface area contributed by atoms with Gasteiger partial charge in [-0.05, 0) is 12.1 Å². The van der Waals surface area contributed by atoms with Crippen LogP contribution in [0.1, 0.15) is 11.6 Å². The Labute approximate surface area is 96.1 Å². The predicted molar refractivity (Wildman–Crippen MR) is 65.3 cm³/mol. The van der Waals surface area contributed by atoms with E-state index in [1.54, 1.807) is 12.5 Å². The van der Waals surface area contributed by atoms with Gasteiger partial charge >= 0.3 is 0 Å². The minimum absolute atomic E-state index is 0.144. The Morgan fingerprint density at radius 1 is 1.31 bits per heavy atom. The quantitative estimate of drug-likeness (QED) is 0.802. The first-order valence-electron chi connectivity index (χ1n) is 4.97. The van der Waals surface area contributed by atoms with Gasteiger partial charge in [0.25, 0.3) is 0 Å². The number of nitrogens with one attached hydrogen (secondary N) is 1. The Morgan fingerprint density at radius 2 is 2.19 bits per heavy atom. The van der Waals surface area contributed by atoms with Crippen LogP contribution in [0, 0.1) is 5.13 Å². The third-order valence-electron chi connectivity index (χ3n) is 2.57. The Kier molecular flexibility index (Phi) is 2.22. The van der Waals surface area contributed by atoms with Gasteiger partial charge in [0.2, 0.25) is 0 Å². The fraction of sp³-hybridized carbons (Fsp3) is 0.0833. The summed E-state index contributed by atoms with van der Waals surface area (Å²) in [5.41, 5.74) is 0.676. The zero-order valence-corrected chi connectivity index (χ0v) is 9.17. The first-order chi connectivity index (χ1) is 7.86. The maximum absolute atomic E-state index is 13.9. The summed E-state index contributed by atoms with van der Waals surface area (Å²) in [6.07, 6.45) is 5.23. The van der Waals surface area contributed by atoms with Crippen LogP contribution < -0.4 is 5.32 Å². The second kappa shape index (κ2) is 3.72. The SMILES string of the molecule is Fc1sc2ccccc2c1[C@H]1C=CNC=N1. The average molecular weight is 232 g/mol. The van der Waals surface area contributed by atoms with E-state index in [2.05, 4.69) is 10.3 Å². The molecule has 2 aromatic rings. The van der Waals surface area contributed by atoms with Crippen molar-refractivity contribution in [3.05, 3.63) is 47.2 Å². The van der Waals surface area contributed by atoms with Crippen molar-refractivity contribution in [2.75, 3.05) is 0 Å². The van der Waals surface area contributed by atoms with Gasteiger partial charge in [-0.1, -0.05) is 18.2 Å². The van der Waals surface area contributed by atoms with Crippen LogP contribution in [0.2, 0.25) is 0 Å². The molecule has 16 heavy (non-hydrogen) atoms. The van der Waals surface area contributed by atoms with E-state index in [9.17, 15) is 4.39 Å². The van der Waals surface area contributed by atoms with Crippen LogP contribution in [-0.4, -0.2) is 6.34 Å². The minimum Gasteiger partial charge on any atom is -0.353 e. The van der Waals surface area contributed by atoms with Crippen molar-refractivity contribution in [1.29, 1.82) is 0 Å². The molecule has 1 N–H and O–H groups in total. The number of nitrogens with zero attached hydrogens (tertiary/aromatic N) is 1. The number of hydrogen-bond acceptors (Lipinski definition) is 3. The fourth-order valence-corrected chi connectivity index (χ4v) is 2.81. The predicted octanol–water partition coefficient (Wildman–Crippen LogP) is 3.23. The molecule has 1 aromatic heterocycles. The highest BCUT2D eigenvalue weighted by Crippen LogP contribution is 2.36. The molecule has 0 bridgehead atoms. The highest BCUT2D eigenvalue weighted by atomic mass is 32.1. The molecule has 1 aromatic carbocycles. The number of thiophene rings is 1. The maximum atomic E-state index is 13.9. The molecule has 0 radical (unpaired) electrons. The first kappa shape index (κ1) is 9.54. The van der Waals surface area contributed by atoms with Gasteiger partial charge in [0.05, 0.1) is 6.34 Å². The summed E-state index contributed by atoms with van der Waals surface area (Å²) in [6.45, 7) is 0. The molecular weight excluding hydrogens is 223 g/mol. The second-order valence-electron chi connectivity index (χ2n) is 3.53. The molecule has 0 saturated carbocycles. The van der Waals surface area contributed by atoms with Gasteiger partial charge in [0.1, 0.15) is 6.04 Å². The summed E-state index contributed by atoms with van der Waals surface area (Å²) in [5.74, 6) is 0. The van der Waals surface area contributed by atoms with Crippen LogP contribution in [0.25, 0.3) is 10.1 Å². The van der Waals surface area contributed by atoms with E-state index >= 15 is 0 Å². The monoisotopic (exact) mass is 232 g/mol. The van der Waals surface area contributed by atoms with E-state index in [1.165, 1.54) is 11.3 Å². The summed E-state index contributed by atoms with van der Waals surface area (Å²) in [6, 6.07) is 7.50. The standard InChI is InChI=1S/C12H9FN2S/c13-12-11(9-5-6-14-7-15-9)8-3-1-2-4-10(8)16-12/h1-7,9H,(H,14,15)/t9-/m1/s1. The Bertz CT molecular complexity index is 574. The molecular formula is C12H9FN2S. The number of aliphatic imine (C=N–C) groups is 1. The summed E-state index contributed by atoms with van der Waals surface area (Å²) < 4.78 is 14.8. The summed E-state index contributed by atoms with van der Waals surface area (Å²) >= 11 is 1.18. The van der Waals surface area contributed by atoms with Crippen molar-refractivity contribution < 1.29 is 4.39 Å². The maximum Gasteiger partial charge on any atom is 0.183 e. The molecule has 1 atom stereocenters. The molecule has 80 valence electrons. The van der Waals surface area contributed by atoms with E-state index in [1.807, 2.05) is 30.3 Å². The van der Waals surface area contributed by atoms with Crippen molar-refractivity contribution in [3.63, 3.8) is 0 Å². The lowest BCUT2D eigenvalue weighted by molar-refractivity contribution is 0.633. The van der Waals surface area contributed by atoms with Gasteiger partial charge in [-0.2, -0.15) is 4.39 Å². The lowest BCUT2D eigenvalue weighted by Gasteiger charge is -2.10. The molecule has 0 fully saturated rings. The third kappa shape index (κ3) is 1.42. The molecule has 0 spiro atoms. The van der Waals surface area contributed by atoms with E-state index < -0.39 is 0 Å². The molecule has 3 rings (SSSR count). The van der Waals surface area contributed by atoms with Crippen LogP contribution in [0.3, 0.4) is 0 Å². The van der Waals surface area contributed by atoms with Gasteiger partial charge in [0.15, 0.2) is 5.13 Å². The van der Waals surface area contributed by atoms with Crippen LogP contribution in [0.5, 0.6) is 0 Å². The van der Waals surface area contributed by atoms with Gasteiger partial charge < -0.3 is 5.32 Å². The minimum atomic E-state index is -0.211. The molecule has 1 aliphatic heterocycles. The number of fused-ring (bicyclic) bond motifs is 1. The van der Waals surface area contributed by atoms with E-state index in [0.717, 1.165) is 10.1 Å². The van der Waals surface area contributed by atoms with Crippen molar-refractivity contribution in [2.24, 2.45) is 4.99 Å². The lowest BCUT2D eigenvalue weighted by atomic mass is 10.1. The first-order valence-corrected chi connectivity index (χ1v) is 5.79. The number of benzene rings is 1. The topological polar surface area (TPSA) is 24.4 Å². The second-order valence-corrected chi connectivity index (χ2v) is 4.54. The van der Waals surface area contributed by atoms with Gasteiger partial charge in [-0.25, -0.2) is 0 Å². The molecule has 0 aliphatic carbocycles. The Morgan fingerprint density at radius 3 is 3.00 bits per heavy atom. The van der Waals surface area contributed by atoms with Crippen LogP contribution >= 0.6 is 11.3 Å². The van der Waals surface area contributed by atoms with E-state index in [4.69, 9.17) is 0 Å². The molecule has 0 saturated heterocycles. The zero-order valence-electron chi connectivity index (χ0n) is 8.35. The van der Waals surface area contributed by atoms with Crippen molar-refractivity contribution in [2.45, 2.75) is 6.04 Å². The third-order valence-corrected chi connectivity index (χ3v) is 3.54. The van der Waals surface area contributed by atoms with E-state index in [-0.39, 0.29) is 11.2 Å². The Balaban J connectivity index is 2.21. The van der Waals surface area contributed by atoms with E-state index in [0.29, 0.717) is 5.56 Å². The van der Waals surface area contributed by atoms with Crippen LogP contribution in [0.4, 0.5) is 4.39 Å². The highest BCUT2D eigenvalue weighted by molar-refractivity contribution is 7.17. The summed E-state index contributed by atoms with van der Waals surface area (Å²) in [4.78, 5) is 4.23. The lowest BCUT2D eigenvalue weighted by Crippen LogP contribution is -2.08. The smallest absolute Gasteiger partial charge is 0.183 e. The normalized spacial score (nSPS) is 18.9. The number of rotatable bonds is 1. The molecule has 2 nitrogen and oxygen atoms in total. The highest BCUT2D eigenvalue weighted by Gasteiger charge is 2.19. The van der Waals surface area contributed by atoms with Crippen LogP contribution in [0.15, 0.2) is 41.5 Å². The summed E-state index contributed by atoms with van der Waals surface area (Å²) in [5, 5.41) is 3.67. The largest absolute Gasteiger partial charge is 0.353 e. The number of halogens is 1. The van der Waals surface area contributed by atoms with Crippen molar-refractivity contribution >= 4 is 27.8 Å². The average Bonchev–Trinajstić information content (AvgIpc) is 2.66. The summed E-state index contributed by atoms with van der Waals surface area (Å²) in [7, 11) is 0. The fourth-order valence-electron chi connectivity index (χ4n) is 1.84. The van der Waals surface area contributed by atoms with Gasteiger partial charge in [-0.15, -0.1) is 11.3 Å². The van der Waals surface area contributed by atoms with Gasteiger partial charge in [0, 0.05) is 21.8 Å².